The van der Waals surface area contributed by atoms with Crippen LogP contribution in [0, 0.1) is 0 Å². The van der Waals surface area contributed by atoms with Crippen LogP contribution in [0.2, 0.25) is 0 Å². The smallest absolute Gasteiger partial charge is 0.263 e. The molecular weight excluding hydrogens is 264 g/mol. The Morgan fingerprint density at radius 1 is 1.47 bits per heavy atom. The number of anilines is 1. The highest BCUT2D eigenvalue weighted by Crippen LogP contribution is 2.30. The zero-order chi connectivity index (χ0) is 13.2. The van der Waals surface area contributed by atoms with Crippen molar-refractivity contribution in [3.8, 4) is 0 Å². The van der Waals surface area contributed by atoms with Crippen LogP contribution >= 0.6 is 11.3 Å². The number of thiophene rings is 1. The number of aromatic nitrogens is 2. The van der Waals surface area contributed by atoms with Gasteiger partial charge in [-0.1, -0.05) is 0 Å². The van der Waals surface area contributed by atoms with Gasteiger partial charge in [-0.2, -0.15) is 0 Å². The highest BCUT2D eigenvalue weighted by Gasteiger charge is 2.22. The lowest BCUT2D eigenvalue weighted by molar-refractivity contribution is 0.0626. The maximum absolute atomic E-state index is 12.2. The highest BCUT2D eigenvalue weighted by atomic mass is 32.1. The zero-order valence-corrected chi connectivity index (χ0v) is 11.1. The summed E-state index contributed by atoms with van der Waals surface area (Å²) in [5, 5.41) is 2.95. The van der Waals surface area contributed by atoms with Gasteiger partial charge < -0.3 is 15.8 Å². The highest BCUT2D eigenvalue weighted by molar-refractivity contribution is 7.21. The fourth-order valence-electron chi connectivity index (χ4n) is 2.12. The molecule has 2 aromatic rings. The van der Waals surface area contributed by atoms with Crippen LogP contribution in [0.15, 0.2) is 12.4 Å². The quantitative estimate of drug-likeness (QED) is 0.861. The Morgan fingerprint density at radius 3 is 3.05 bits per heavy atom. The summed E-state index contributed by atoms with van der Waals surface area (Å²) < 4.78 is 5.34. The first-order chi connectivity index (χ1) is 9.25. The number of amides is 1. The van der Waals surface area contributed by atoms with Gasteiger partial charge in [0, 0.05) is 19.0 Å². The molecule has 1 aliphatic heterocycles. The van der Waals surface area contributed by atoms with Crippen LogP contribution in [0.1, 0.15) is 22.5 Å². The van der Waals surface area contributed by atoms with Gasteiger partial charge in [0.2, 0.25) is 0 Å². The van der Waals surface area contributed by atoms with Gasteiger partial charge >= 0.3 is 0 Å². The molecule has 3 rings (SSSR count). The molecular formula is C12H14N4O2S. The van der Waals surface area contributed by atoms with E-state index in [9.17, 15) is 4.79 Å². The number of hydrogen-bond acceptors (Lipinski definition) is 6. The van der Waals surface area contributed by atoms with E-state index in [2.05, 4.69) is 15.3 Å². The van der Waals surface area contributed by atoms with E-state index in [0.717, 1.165) is 19.4 Å². The summed E-state index contributed by atoms with van der Waals surface area (Å²) in [4.78, 5) is 21.7. The number of fused-ring (bicyclic) bond motifs is 1. The molecule has 0 saturated carbocycles. The first kappa shape index (κ1) is 12.3. The van der Waals surface area contributed by atoms with Crippen LogP contribution in [0.5, 0.6) is 0 Å². The molecule has 1 unspecified atom stereocenters. The van der Waals surface area contributed by atoms with E-state index in [4.69, 9.17) is 10.5 Å². The van der Waals surface area contributed by atoms with Crippen LogP contribution in [-0.2, 0) is 4.74 Å². The third-order valence-corrected chi connectivity index (χ3v) is 4.17. The van der Waals surface area contributed by atoms with E-state index in [1.807, 2.05) is 0 Å². The molecule has 6 nitrogen and oxygen atoms in total. The Morgan fingerprint density at radius 2 is 2.32 bits per heavy atom. The van der Waals surface area contributed by atoms with Gasteiger partial charge in [-0.3, -0.25) is 4.79 Å². The molecule has 1 aliphatic rings. The third-order valence-electron chi connectivity index (χ3n) is 3.06. The predicted octanol–water partition coefficient (Wildman–Crippen LogP) is 1.18. The summed E-state index contributed by atoms with van der Waals surface area (Å²) in [7, 11) is 0. The summed E-state index contributed by atoms with van der Waals surface area (Å²) >= 11 is 1.27. The van der Waals surface area contributed by atoms with Crippen molar-refractivity contribution in [1.82, 2.24) is 15.3 Å². The molecule has 19 heavy (non-hydrogen) atoms. The maximum Gasteiger partial charge on any atom is 0.263 e. The van der Waals surface area contributed by atoms with Crippen LogP contribution in [0.3, 0.4) is 0 Å². The molecule has 0 bridgehead atoms. The molecule has 7 heteroatoms. The van der Waals surface area contributed by atoms with Gasteiger partial charge in [0.05, 0.1) is 18.3 Å². The zero-order valence-electron chi connectivity index (χ0n) is 10.3. The minimum atomic E-state index is -0.169. The number of nitrogens with zero attached hydrogens (tertiary/aromatic N) is 2. The van der Waals surface area contributed by atoms with E-state index in [-0.39, 0.29) is 11.9 Å². The number of rotatable bonds is 2. The second kappa shape index (κ2) is 5.10. The predicted molar refractivity (Wildman–Crippen MR) is 73.1 cm³/mol. The first-order valence-corrected chi connectivity index (χ1v) is 6.95. The Hall–Kier alpha value is -1.73. The summed E-state index contributed by atoms with van der Waals surface area (Å²) in [6, 6.07) is 0.0618. The molecule has 0 aliphatic carbocycles. The third kappa shape index (κ3) is 2.39. The molecule has 100 valence electrons. The summed E-state index contributed by atoms with van der Waals surface area (Å²) in [6.45, 7) is 1.33. The lowest BCUT2D eigenvalue weighted by Crippen LogP contribution is -2.40. The van der Waals surface area contributed by atoms with Crippen molar-refractivity contribution in [3.05, 3.63) is 17.3 Å². The van der Waals surface area contributed by atoms with Crippen molar-refractivity contribution >= 4 is 33.3 Å². The molecule has 1 saturated heterocycles. The molecule has 1 fully saturated rings. The largest absolute Gasteiger partial charge is 0.396 e. The van der Waals surface area contributed by atoms with Crippen molar-refractivity contribution in [2.45, 2.75) is 18.9 Å². The van der Waals surface area contributed by atoms with Crippen LogP contribution < -0.4 is 11.1 Å². The van der Waals surface area contributed by atoms with E-state index >= 15 is 0 Å². The van der Waals surface area contributed by atoms with Gasteiger partial charge in [0.1, 0.15) is 15.2 Å². The first-order valence-electron chi connectivity index (χ1n) is 6.13. The van der Waals surface area contributed by atoms with Crippen molar-refractivity contribution in [3.63, 3.8) is 0 Å². The maximum atomic E-state index is 12.2. The second-order valence-corrected chi connectivity index (χ2v) is 5.44. The Bertz CT molecular complexity index is 607. The molecule has 2 aromatic heterocycles. The van der Waals surface area contributed by atoms with E-state index in [1.54, 1.807) is 12.4 Å². The molecule has 3 N–H and O–H groups in total. The fourth-order valence-corrected chi connectivity index (χ4v) is 3.04. The Kier molecular flexibility index (Phi) is 3.31. The molecule has 1 atom stereocenters. The summed E-state index contributed by atoms with van der Waals surface area (Å²) in [5.41, 5.74) is 6.96. The number of carbonyl (C=O) groups excluding carboxylic acids is 1. The number of ether oxygens (including phenoxy) is 1. The van der Waals surface area contributed by atoms with Crippen LogP contribution in [-0.4, -0.2) is 35.1 Å². The molecule has 1 amide bonds. The minimum absolute atomic E-state index is 0.0618. The van der Waals surface area contributed by atoms with Crippen LogP contribution in [0.4, 0.5) is 5.69 Å². The average molecular weight is 278 g/mol. The van der Waals surface area contributed by atoms with Gasteiger partial charge in [-0.25, -0.2) is 9.97 Å². The van der Waals surface area contributed by atoms with E-state index in [1.165, 1.54) is 11.3 Å². The lowest BCUT2D eigenvalue weighted by Gasteiger charge is -2.22. The number of hydrogen-bond donors (Lipinski definition) is 2. The van der Waals surface area contributed by atoms with E-state index in [0.29, 0.717) is 27.5 Å². The summed E-state index contributed by atoms with van der Waals surface area (Å²) in [5.74, 6) is -0.169. The number of nitrogens with one attached hydrogen (secondary N) is 1. The molecule has 0 radical (unpaired) electrons. The second-order valence-electron chi connectivity index (χ2n) is 4.44. The number of nitrogens with two attached hydrogens (primary N) is 1. The lowest BCUT2D eigenvalue weighted by atomic mass is 10.1. The monoisotopic (exact) mass is 278 g/mol. The van der Waals surface area contributed by atoms with Crippen LogP contribution in [0.25, 0.3) is 10.3 Å². The van der Waals surface area contributed by atoms with E-state index < -0.39 is 0 Å². The van der Waals surface area contributed by atoms with Crippen molar-refractivity contribution in [2.75, 3.05) is 18.9 Å². The standard InChI is InChI=1S/C12H14N4O2S/c13-8-9-12(15-4-3-14-9)19-10(8)11(17)16-7-2-1-5-18-6-7/h3-4,7H,1-2,5-6,13H2,(H,16,17). The topological polar surface area (TPSA) is 90.1 Å². The van der Waals surface area contributed by atoms with Gasteiger partial charge in [-0.05, 0) is 12.8 Å². The number of carbonyl (C=O) groups is 1. The molecule has 0 aromatic carbocycles. The van der Waals surface area contributed by atoms with Gasteiger partial charge in [0.15, 0.2) is 0 Å². The van der Waals surface area contributed by atoms with Crippen molar-refractivity contribution in [1.29, 1.82) is 0 Å². The summed E-state index contributed by atoms with van der Waals surface area (Å²) in [6.07, 6.45) is 5.07. The minimum Gasteiger partial charge on any atom is -0.396 e. The van der Waals surface area contributed by atoms with Gasteiger partial charge in [0.25, 0.3) is 5.91 Å². The van der Waals surface area contributed by atoms with Crippen molar-refractivity contribution in [2.24, 2.45) is 0 Å². The normalized spacial score (nSPS) is 19.5. The Labute approximate surface area is 114 Å². The Balaban J connectivity index is 1.83. The fraction of sp³-hybridized carbons (Fsp3) is 0.417. The van der Waals surface area contributed by atoms with Gasteiger partial charge in [-0.15, -0.1) is 11.3 Å². The average Bonchev–Trinajstić information content (AvgIpc) is 2.78. The molecule has 3 heterocycles. The molecule has 0 spiro atoms. The van der Waals surface area contributed by atoms with Crippen molar-refractivity contribution < 1.29 is 9.53 Å². The number of nitrogen functional groups attached to an aromatic ring is 1. The SMILES string of the molecule is Nc1c(C(=O)NC2CCCOC2)sc2nccnc12.